The zero-order chi connectivity index (χ0) is 89.6. The van der Waals surface area contributed by atoms with E-state index in [0.29, 0.717) is 51.4 Å². The van der Waals surface area contributed by atoms with Crippen molar-refractivity contribution in [2.75, 3.05) is 75.1 Å². The molecule has 0 saturated carbocycles. The smallest absolute Gasteiger partial charge is 0.414 e. The Labute approximate surface area is 708 Å². The zero-order valence-corrected chi connectivity index (χ0v) is 72.6. The number of likely N-dealkylation sites (N-methyl/N-ethyl adjacent to an activating group) is 3. The highest BCUT2D eigenvalue weighted by atomic mass is 32.2. The molecule has 7 amide bonds. The van der Waals surface area contributed by atoms with Crippen molar-refractivity contribution in [3.05, 3.63) is 179 Å². The Kier molecular flexibility index (Phi) is 50.5. The Balaban J connectivity index is 0.000000523. The van der Waals surface area contributed by atoms with Gasteiger partial charge in [0.05, 0.1) is 21.3 Å². The van der Waals surface area contributed by atoms with E-state index in [-0.39, 0.29) is 94.8 Å². The Morgan fingerprint density at radius 3 is 1.19 bits per heavy atom. The number of esters is 4. The van der Waals surface area contributed by atoms with Crippen LogP contribution in [0.1, 0.15) is 154 Å². The third-order valence-electron chi connectivity index (χ3n) is 16.9. The molecule has 0 bridgehead atoms. The van der Waals surface area contributed by atoms with E-state index in [2.05, 4.69) is 20.4 Å². The van der Waals surface area contributed by atoms with Gasteiger partial charge >= 0.3 is 66.5 Å². The fourth-order valence-electron chi connectivity index (χ4n) is 10.3. The van der Waals surface area contributed by atoms with Gasteiger partial charge in [-0.2, -0.15) is 0 Å². The summed E-state index contributed by atoms with van der Waals surface area (Å²) < 4.78 is 55.6. The van der Waals surface area contributed by atoms with Gasteiger partial charge in [0.25, 0.3) is 0 Å². The van der Waals surface area contributed by atoms with Crippen LogP contribution in [0.4, 0.5) is 33.6 Å². The summed E-state index contributed by atoms with van der Waals surface area (Å²) in [5, 5.41) is 4.95. The monoisotopic (exact) mass is 1700 g/mol. The minimum atomic E-state index is -0.931. The van der Waals surface area contributed by atoms with Crippen molar-refractivity contribution < 1.29 is 114 Å². The molecule has 33 nitrogen and oxygen atoms in total. The maximum Gasteiger partial charge on any atom is 0.414 e. The summed E-state index contributed by atoms with van der Waals surface area (Å²) >= 11 is 1.33. The normalized spacial score (nSPS) is 12.7. The van der Waals surface area contributed by atoms with E-state index in [4.69, 9.17) is 53.1 Å². The third kappa shape index (κ3) is 43.6. The van der Waals surface area contributed by atoms with Crippen LogP contribution in [0, 0.1) is 0 Å². The van der Waals surface area contributed by atoms with Gasteiger partial charge in [-0.3, -0.25) is 40.0 Å². The van der Waals surface area contributed by atoms with Crippen molar-refractivity contribution in [1.82, 2.24) is 35.1 Å². The van der Waals surface area contributed by atoms with Gasteiger partial charge in [-0.1, -0.05) is 184 Å². The fourth-order valence-corrected chi connectivity index (χ4v) is 10.9. The van der Waals surface area contributed by atoms with Gasteiger partial charge in [0, 0.05) is 53.6 Å². The SMILES string of the molecule is CCC[C@H]1C(=O)OCN1C(=O)OCc1ccccc1.CCSC(=O)CC[C@@H](C)N(C)C(=O)OCc1ccccc1.COC(=O)[C@H](CCC=O)N(C)C(=O)OCc1ccccc1.COC(=O)[C@H](CCCN)N(C)C(=O)OCc1ccccc1.COC(=O)[C@H](CCCN=C(NC(=O)OC(C)(C)C)NC(=O)OC(C)(C)C)N(C)C(=O)OCc1ccccc1. The number of cyclic esters (lactones) is 1. The van der Waals surface area contributed by atoms with Gasteiger partial charge in [-0.05, 0) is 134 Å². The minimum absolute atomic E-state index is 0.0167. The van der Waals surface area contributed by atoms with Crippen LogP contribution in [0.2, 0.25) is 0 Å². The maximum absolute atomic E-state index is 12.5. The first-order chi connectivity index (χ1) is 57.1. The van der Waals surface area contributed by atoms with Gasteiger partial charge in [0.1, 0.15) is 74.7 Å². The van der Waals surface area contributed by atoms with Gasteiger partial charge < -0.3 is 67.5 Å². The number of nitrogens with zero attached hydrogens (tertiary/aromatic N) is 6. The molecule has 5 aromatic carbocycles. The molecule has 660 valence electrons. The number of carbonyl (C=O) groups is 13. The second-order valence-corrected chi connectivity index (χ2v) is 29.9. The van der Waals surface area contributed by atoms with E-state index in [1.54, 1.807) is 53.5 Å². The largest absolute Gasteiger partial charge is 0.467 e. The summed E-state index contributed by atoms with van der Waals surface area (Å²) in [5.74, 6) is -1.40. The van der Waals surface area contributed by atoms with E-state index in [0.717, 1.165) is 49.8 Å². The van der Waals surface area contributed by atoms with Crippen LogP contribution in [0.15, 0.2) is 157 Å². The van der Waals surface area contributed by atoms with Gasteiger partial charge in [-0.15, -0.1) is 0 Å². The number of guanidine groups is 1. The lowest BCUT2D eigenvalue weighted by molar-refractivity contribution is -0.147. The number of amides is 7. The van der Waals surface area contributed by atoms with Crippen molar-refractivity contribution in [3.63, 3.8) is 0 Å². The summed E-state index contributed by atoms with van der Waals surface area (Å²) in [6, 6.07) is 43.7. The average Bonchev–Trinajstić information content (AvgIpc) is 1.73. The van der Waals surface area contributed by atoms with E-state index < -0.39 is 89.8 Å². The molecular weight excluding hydrogens is 1580 g/mol. The Morgan fingerprint density at radius 1 is 0.525 bits per heavy atom. The number of ether oxygens (including phenoxy) is 11. The van der Waals surface area contributed by atoms with Crippen LogP contribution in [-0.2, 0) is 114 Å². The molecule has 6 rings (SSSR count). The number of methoxy groups -OCH3 is 3. The van der Waals surface area contributed by atoms with Crippen molar-refractivity contribution in [3.8, 4) is 0 Å². The number of rotatable bonds is 33. The van der Waals surface area contributed by atoms with E-state index in [1.165, 1.54) is 64.0 Å². The lowest BCUT2D eigenvalue weighted by Crippen LogP contribution is -2.47. The number of thioether (sulfide) groups is 1. The van der Waals surface area contributed by atoms with Crippen LogP contribution >= 0.6 is 11.8 Å². The van der Waals surface area contributed by atoms with Crippen LogP contribution in [-0.4, -0.2) is 225 Å². The predicted octanol–water partition coefficient (Wildman–Crippen LogP) is 13.3. The van der Waals surface area contributed by atoms with Crippen molar-refractivity contribution in [2.45, 2.75) is 201 Å². The molecule has 5 aromatic rings. The summed E-state index contributed by atoms with van der Waals surface area (Å²) in [7, 11) is 9.86. The number of nitrogens with two attached hydrogens (primary N) is 1. The third-order valence-corrected chi connectivity index (χ3v) is 17.7. The lowest BCUT2D eigenvalue weighted by Gasteiger charge is -2.25. The summed E-state index contributed by atoms with van der Waals surface area (Å²) in [6.07, 6.45) is 0.748. The Bertz CT molecular complexity index is 3900. The molecule has 0 aromatic heterocycles. The van der Waals surface area contributed by atoms with Crippen LogP contribution in [0.5, 0.6) is 0 Å². The molecule has 1 fully saturated rings. The van der Waals surface area contributed by atoms with E-state index in [1.807, 2.05) is 172 Å². The van der Waals surface area contributed by atoms with E-state index in [9.17, 15) is 62.3 Å². The number of aldehydes is 1. The molecule has 120 heavy (non-hydrogen) atoms. The summed E-state index contributed by atoms with van der Waals surface area (Å²) in [4.78, 5) is 165. The molecule has 4 N–H and O–H groups in total. The molecule has 1 aliphatic heterocycles. The van der Waals surface area contributed by atoms with Gasteiger partial charge in [0.2, 0.25) is 5.96 Å². The number of nitrogens with one attached hydrogen (secondary N) is 2. The second-order valence-electron chi connectivity index (χ2n) is 28.6. The topological polar surface area (TPSA) is 402 Å². The molecule has 1 heterocycles. The number of aliphatic imine (C=N–C) groups is 1. The molecule has 34 heteroatoms. The highest BCUT2D eigenvalue weighted by Gasteiger charge is 2.38. The molecular formula is C86H121N9O24S. The Hall–Kier alpha value is -11.8. The molecule has 5 atom stereocenters. The van der Waals surface area contributed by atoms with Crippen molar-refractivity contribution in [1.29, 1.82) is 0 Å². The lowest BCUT2D eigenvalue weighted by atomic mass is 10.1. The highest BCUT2D eigenvalue weighted by Crippen LogP contribution is 2.21. The van der Waals surface area contributed by atoms with Gasteiger partial charge in [0.15, 0.2) is 11.8 Å². The van der Waals surface area contributed by atoms with Crippen LogP contribution < -0.4 is 16.4 Å². The Morgan fingerprint density at radius 2 is 0.867 bits per heavy atom. The first-order valence-electron chi connectivity index (χ1n) is 39.0. The van der Waals surface area contributed by atoms with Crippen molar-refractivity contribution in [2.24, 2.45) is 10.7 Å². The number of alkyl carbamates (subject to hydrolysis) is 2. The zero-order valence-electron chi connectivity index (χ0n) is 71.8. The first-order valence-corrected chi connectivity index (χ1v) is 40.0. The minimum Gasteiger partial charge on any atom is -0.467 e. The number of benzene rings is 5. The molecule has 0 unspecified atom stereocenters. The first kappa shape index (κ1) is 104. The molecule has 0 aliphatic carbocycles. The number of hydrogen-bond acceptors (Lipinski definition) is 27. The average molecular weight is 1700 g/mol. The quantitative estimate of drug-likeness (QED) is 0.00877. The van der Waals surface area contributed by atoms with Gasteiger partial charge in [-0.25, -0.2) is 52.7 Å². The van der Waals surface area contributed by atoms with Crippen LogP contribution in [0.25, 0.3) is 0 Å². The summed E-state index contributed by atoms with van der Waals surface area (Å²) in [5.41, 5.74) is 8.32. The highest BCUT2D eigenvalue weighted by molar-refractivity contribution is 8.13. The fraction of sp³-hybridized carbons (Fsp3) is 0.488. The predicted molar refractivity (Wildman–Crippen MR) is 449 cm³/mol. The second kappa shape index (κ2) is 58.1. The van der Waals surface area contributed by atoms with E-state index >= 15 is 0 Å². The molecule has 0 radical (unpaired) electrons. The summed E-state index contributed by atoms with van der Waals surface area (Å²) in [6.45, 7) is 17.3. The molecule has 0 spiro atoms. The molecule has 1 aliphatic rings. The number of hydrogen-bond donors (Lipinski definition) is 3. The van der Waals surface area contributed by atoms with Crippen LogP contribution in [0.3, 0.4) is 0 Å². The van der Waals surface area contributed by atoms with Crippen molar-refractivity contribution >= 4 is 95.7 Å². The maximum atomic E-state index is 12.5. The standard InChI is InChI=1S/C26H40N4O8.C16H23NO3S.C15H22N2O4.C15H19NO5.C14H17NO4/c1-25(2,3)37-22(32)28-21(29-23(33)38-26(4,5)6)27-16-12-15-19(20(31)35-8)30(7)24(34)36-17-18-13-10-9-11-14-18;1-4-21-15(18)11-10-13(2)17(3)16(19)20-12-14-8-6-5-7-9-14;1-17(13(9-6-10-16)14(18)20-2)15(19)21-11-12-7-4-3-5-8-12;1-16(13(9-6-10-17)14(18)20-2)15(19)21-11-12-7-4-3-5-8-12;1-2-6-12-13(16)19-10-15(12)14(17)18-9-11-7-4-3-5-8-11/h9-11,13-14,19H,12,15-17H2,1-8H3,(H2,27,28,29,32,33);5-9,13H,4,10-12H2,1-3H3;3-5,7-8,13H,6,9-11,16H2,1-2H3;3-5,7-8,10,13H,6,9,11H2,1-2H3;3-5,7-8,12H,2,6,9-10H2,1H3/t19-;3*13-;12-/m01000/s1. The number of carbonyl (C=O) groups excluding carboxylic acids is 13. The molecule has 1 saturated heterocycles.